The van der Waals surface area contributed by atoms with Crippen LogP contribution in [0.3, 0.4) is 0 Å². The van der Waals surface area contributed by atoms with E-state index in [9.17, 15) is 9.18 Å². The van der Waals surface area contributed by atoms with Crippen molar-refractivity contribution < 1.29 is 23.4 Å². The molecule has 47 heavy (non-hydrogen) atoms. The average molecular weight is 646 g/mol. The van der Waals surface area contributed by atoms with Crippen LogP contribution >= 0.6 is 0 Å². The predicted octanol–water partition coefficient (Wildman–Crippen LogP) is 8.08. The Morgan fingerprint density at radius 3 is 2.30 bits per heavy atom. The Kier molecular flexibility index (Phi) is 12.0. The summed E-state index contributed by atoms with van der Waals surface area (Å²) >= 11 is 0. The minimum absolute atomic E-state index is 0.189. The topological polar surface area (TPSA) is 72.9 Å². The molecule has 3 aromatic rings. The molecule has 254 valence electrons. The van der Waals surface area contributed by atoms with Gasteiger partial charge in [0.2, 0.25) is 0 Å². The first kappa shape index (κ1) is 36.2. The van der Waals surface area contributed by atoms with E-state index < -0.39 is 17.7 Å². The Bertz CT molecular complexity index is 1540. The van der Waals surface area contributed by atoms with E-state index in [0.29, 0.717) is 25.3 Å². The number of halogens is 1. The van der Waals surface area contributed by atoms with Crippen LogP contribution in [-0.4, -0.2) is 48.5 Å². The van der Waals surface area contributed by atoms with Crippen LogP contribution in [0, 0.1) is 26.6 Å². The largest absolute Gasteiger partial charge is 0.464 e. The minimum Gasteiger partial charge on any atom is -0.464 e. The third-order valence-corrected chi connectivity index (χ3v) is 8.62. The second-order valence-corrected chi connectivity index (χ2v) is 13.7. The molecule has 1 aromatic heterocycles. The van der Waals surface area contributed by atoms with Crippen molar-refractivity contribution >= 4 is 11.7 Å². The van der Waals surface area contributed by atoms with E-state index in [0.717, 1.165) is 70.8 Å². The molecule has 0 unspecified atom stereocenters. The van der Waals surface area contributed by atoms with E-state index >= 15 is 0 Å². The van der Waals surface area contributed by atoms with Crippen LogP contribution in [0.4, 0.5) is 10.1 Å². The Balaban J connectivity index is 1.73. The third-order valence-electron chi connectivity index (χ3n) is 8.62. The highest BCUT2D eigenvalue weighted by Crippen LogP contribution is 2.44. The minimum atomic E-state index is -0.944. The molecule has 0 bridgehead atoms. The van der Waals surface area contributed by atoms with Gasteiger partial charge >= 0.3 is 5.97 Å². The van der Waals surface area contributed by atoms with Crippen molar-refractivity contribution in [1.29, 1.82) is 0 Å². The van der Waals surface area contributed by atoms with Crippen LogP contribution in [0.25, 0.3) is 11.1 Å². The molecule has 2 heterocycles. The van der Waals surface area contributed by atoms with Gasteiger partial charge in [0, 0.05) is 48.7 Å². The van der Waals surface area contributed by atoms with Crippen LogP contribution in [0.1, 0.15) is 87.2 Å². The monoisotopic (exact) mass is 645 g/mol. The summed E-state index contributed by atoms with van der Waals surface area (Å²) in [5.41, 5.74) is 7.28. The van der Waals surface area contributed by atoms with E-state index in [1.807, 2.05) is 53.7 Å². The summed E-state index contributed by atoms with van der Waals surface area (Å²) in [5, 5.41) is 3.47. The van der Waals surface area contributed by atoms with Gasteiger partial charge in [0.15, 0.2) is 6.10 Å². The molecular formula is C39H52FN3O4. The molecule has 2 aromatic carbocycles. The summed E-state index contributed by atoms with van der Waals surface area (Å²) in [6.45, 7) is 23.0. The Morgan fingerprint density at radius 1 is 1.06 bits per heavy atom. The van der Waals surface area contributed by atoms with Crippen LogP contribution < -0.4 is 10.2 Å². The maximum Gasteiger partial charge on any atom is 0.340 e. The van der Waals surface area contributed by atoms with Gasteiger partial charge in [-0.05, 0) is 96.6 Å². The molecule has 8 heteroatoms. The number of ether oxygens (including phenoxy) is 3. The molecule has 1 fully saturated rings. The molecule has 1 saturated heterocycles. The maximum atomic E-state index is 13.7. The highest BCUT2D eigenvalue weighted by atomic mass is 19.1. The number of pyridine rings is 1. The number of benzene rings is 2. The van der Waals surface area contributed by atoms with Crippen molar-refractivity contribution in [2.24, 2.45) is 0 Å². The van der Waals surface area contributed by atoms with Gasteiger partial charge < -0.3 is 24.4 Å². The molecule has 0 radical (unpaired) electrons. The van der Waals surface area contributed by atoms with Crippen molar-refractivity contribution in [3.8, 4) is 11.1 Å². The molecule has 1 aliphatic heterocycles. The highest BCUT2D eigenvalue weighted by Gasteiger charge is 2.38. The van der Waals surface area contributed by atoms with Crippen LogP contribution in [-0.2, 0) is 32.1 Å². The summed E-state index contributed by atoms with van der Waals surface area (Å²) in [5.74, 6) is -0.608. The summed E-state index contributed by atoms with van der Waals surface area (Å²) in [6, 6.07) is 13.7. The number of rotatable bonds is 13. The molecule has 0 saturated carbocycles. The van der Waals surface area contributed by atoms with Gasteiger partial charge in [-0.25, -0.2) is 9.18 Å². The molecule has 0 amide bonds. The predicted molar refractivity (Wildman–Crippen MR) is 187 cm³/mol. The number of piperidine rings is 1. The van der Waals surface area contributed by atoms with Crippen molar-refractivity contribution in [1.82, 2.24) is 10.3 Å². The smallest absolute Gasteiger partial charge is 0.340 e. The lowest BCUT2D eigenvalue weighted by atomic mass is 9.89. The Morgan fingerprint density at radius 2 is 1.70 bits per heavy atom. The zero-order valence-corrected chi connectivity index (χ0v) is 29.5. The number of hydrogen-bond acceptors (Lipinski definition) is 7. The van der Waals surface area contributed by atoms with Crippen molar-refractivity contribution in [3.05, 3.63) is 94.6 Å². The van der Waals surface area contributed by atoms with Crippen LogP contribution in [0.15, 0.2) is 55.1 Å². The lowest BCUT2D eigenvalue weighted by Crippen LogP contribution is -2.45. The summed E-state index contributed by atoms with van der Waals surface area (Å²) in [7, 11) is 0. The zero-order chi connectivity index (χ0) is 34.4. The number of hydrogen-bond donors (Lipinski definition) is 1. The summed E-state index contributed by atoms with van der Waals surface area (Å²) in [4.78, 5) is 21.0. The summed E-state index contributed by atoms with van der Waals surface area (Å²) < 4.78 is 31.9. The molecule has 1 aliphatic rings. The fourth-order valence-electron chi connectivity index (χ4n) is 6.19. The standard InChI is InChI=1S/C39H52FN3O4/c1-10-22-46-39(9)18-20-43(21-19-39)35-33(27(4)42-28(5)34(35)36(37(44)45-11-2)47-38(6,7)8)31-15-12-29(13-16-31)24-41-25-30-14-17-32(40)26(3)23-30/h10,12-17,23,36,41H,1,11,18-22,24-25H2,2-9H3/t36-/m0/s1. The molecule has 0 aliphatic carbocycles. The third kappa shape index (κ3) is 9.28. The van der Waals surface area contributed by atoms with E-state index in [4.69, 9.17) is 19.2 Å². The Hall–Kier alpha value is -3.59. The lowest BCUT2D eigenvalue weighted by Gasteiger charge is -2.42. The first-order valence-corrected chi connectivity index (χ1v) is 16.7. The van der Waals surface area contributed by atoms with Gasteiger partial charge in [0.1, 0.15) is 5.82 Å². The molecule has 1 N–H and O–H groups in total. The number of esters is 1. The normalized spacial score (nSPS) is 15.4. The number of carbonyl (C=O) groups is 1. The fraction of sp³-hybridized carbons (Fsp3) is 0.487. The molecule has 7 nitrogen and oxygen atoms in total. The first-order valence-electron chi connectivity index (χ1n) is 16.7. The van der Waals surface area contributed by atoms with Gasteiger partial charge in [-0.15, -0.1) is 6.58 Å². The van der Waals surface area contributed by atoms with E-state index in [2.05, 4.69) is 48.0 Å². The zero-order valence-electron chi connectivity index (χ0n) is 29.5. The number of carbonyl (C=O) groups excluding carboxylic acids is 1. The van der Waals surface area contributed by atoms with Gasteiger partial charge in [-0.3, -0.25) is 4.98 Å². The summed E-state index contributed by atoms with van der Waals surface area (Å²) in [6.07, 6.45) is 2.49. The highest BCUT2D eigenvalue weighted by molar-refractivity contribution is 5.88. The second kappa shape index (κ2) is 15.5. The van der Waals surface area contributed by atoms with Crippen LogP contribution in [0.5, 0.6) is 0 Å². The number of aromatic nitrogens is 1. The van der Waals surface area contributed by atoms with Gasteiger partial charge in [0.05, 0.1) is 30.1 Å². The van der Waals surface area contributed by atoms with Gasteiger partial charge in [-0.1, -0.05) is 42.5 Å². The number of nitrogens with one attached hydrogen (secondary N) is 1. The number of nitrogens with zero attached hydrogens (tertiary/aromatic N) is 2. The maximum absolute atomic E-state index is 13.7. The molecule has 0 spiro atoms. The van der Waals surface area contributed by atoms with E-state index in [1.165, 1.54) is 6.07 Å². The first-order chi connectivity index (χ1) is 22.2. The Labute approximate surface area is 280 Å². The fourth-order valence-corrected chi connectivity index (χ4v) is 6.19. The average Bonchev–Trinajstić information content (AvgIpc) is 3.01. The quantitative estimate of drug-likeness (QED) is 0.149. The van der Waals surface area contributed by atoms with E-state index in [-0.39, 0.29) is 18.0 Å². The lowest BCUT2D eigenvalue weighted by molar-refractivity contribution is -0.166. The van der Waals surface area contributed by atoms with Gasteiger partial charge in [-0.2, -0.15) is 0 Å². The van der Waals surface area contributed by atoms with Crippen molar-refractivity contribution in [2.45, 2.75) is 98.6 Å². The molecule has 4 rings (SSSR count). The number of anilines is 1. The second-order valence-electron chi connectivity index (χ2n) is 13.7. The SMILES string of the molecule is C=CCOC1(C)CCN(c2c(-c3ccc(CNCc4ccc(F)c(C)c4)cc3)c(C)nc(C)c2[C@H](OC(C)(C)C)C(=O)OCC)CC1. The van der Waals surface area contributed by atoms with Crippen molar-refractivity contribution in [3.63, 3.8) is 0 Å². The van der Waals surface area contributed by atoms with Gasteiger partial charge in [0.25, 0.3) is 0 Å². The number of aryl methyl sites for hydroxylation is 3. The van der Waals surface area contributed by atoms with Crippen molar-refractivity contribution in [2.75, 3.05) is 31.2 Å². The van der Waals surface area contributed by atoms with E-state index in [1.54, 1.807) is 13.0 Å². The van der Waals surface area contributed by atoms with Crippen LogP contribution in [0.2, 0.25) is 0 Å². The molecular weight excluding hydrogens is 593 g/mol. The molecule has 1 atom stereocenters.